The molecule has 1 aliphatic heterocycles. The Balaban J connectivity index is 1.96. The molecule has 1 fully saturated rings. The average molecular weight is 344 g/mol. The maximum absolute atomic E-state index is 7.18. The van der Waals surface area contributed by atoms with Gasteiger partial charge in [0, 0.05) is 44.5 Å². The zero-order valence-corrected chi connectivity index (χ0v) is 14.9. The maximum Gasteiger partial charge on any atom is 0.126 e. The Morgan fingerprint density at radius 1 is 1.29 bits per heavy atom. The highest BCUT2D eigenvalue weighted by Crippen LogP contribution is 2.36. The molecule has 0 spiro atoms. The molecule has 24 heavy (non-hydrogen) atoms. The standard InChI is InChI=1S/C17H24N6S/c1-11(2)22-5-7-23(8-6-22)14-10-16(20)21-13-9-15(24-17(13)14)12(19)3-4-18/h3-4,9-11,18H,5-8,19H2,1-2H3,(H2,20,21)/b12-3-,18-4?. The molecular formula is C17H24N6S. The number of rotatable bonds is 4. The Kier molecular flexibility index (Phi) is 4.73. The summed E-state index contributed by atoms with van der Waals surface area (Å²) in [5, 5.41) is 7.18. The number of hydrogen-bond acceptors (Lipinski definition) is 7. The Hall–Kier alpha value is -2.12. The Morgan fingerprint density at radius 2 is 2.00 bits per heavy atom. The number of nitrogens with one attached hydrogen (secondary N) is 1. The van der Waals surface area contributed by atoms with Crippen molar-refractivity contribution in [1.29, 1.82) is 5.41 Å². The minimum Gasteiger partial charge on any atom is -0.398 e. The molecule has 0 amide bonds. The van der Waals surface area contributed by atoms with Gasteiger partial charge < -0.3 is 21.8 Å². The Labute approximate surface area is 146 Å². The second-order valence-electron chi connectivity index (χ2n) is 6.30. The van der Waals surface area contributed by atoms with Crippen molar-refractivity contribution in [3.63, 3.8) is 0 Å². The molecule has 0 atom stereocenters. The number of hydrogen-bond donors (Lipinski definition) is 3. The Bertz CT molecular complexity index is 771. The lowest BCUT2D eigenvalue weighted by atomic mass is 10.2. The summed E-state index contributed by atoms with van der Waals surface area (Å²) in [6, 6.07) is 4.50. The van der Waals surface area contributed by atoms with Crippen LogP contribution in [-0.4, -0.2) is 48.3 Å². The number of allylic oxidation sites excluding steroid dienone is 1. The quantitative estimate of drug-likeness (QED) is 0.740. The molecule has 1 aliphatic rings. The molecule has 0 bridgehead atoms. The number of anilines is 2. The second kappa shape index (κ2) is 6.78. The fourth-order valence-electron chi connectivity index (χ4n) is 3.05. The molecule has 7 heteroatoms. The van der Waals surface area contributed by atoms with Crippen molar-refractivity contribution in [2.45, 2.75) is 19.9 Å². The lowest BCUT2D eigenvalue weighted by molar-refractivity contribution is 0.209. The predicted octanol–water partition coefficient (Wildman–Crippen LogP) is 2.36. The van der Waals surface area contributed by atoms with Crippen molar-refractivity contribution in [3.05, 3.63) is 23.1 Å². The van der Waals surface area contributed by atoms with Crippen molar-refractivity contribution in [2.24, 2.45) is 5.73 Å². The largest absolute Gasteiger partial charge is 0.398 e. The molecule has 0 aromatic carbocycles. The third kappa shape index (κ3) is 3.22. The van der Waals surface area contributed by atoms with Gasteiger partial charge in [-0.3, -0.25) is 4.90 Å². The van der Waals surface area contributed by atoms with Gasteiger partial charge in [0.05, 0.1) is 26.5 Å². The molecule has 0 unspecified atom stereocenters. The molecule has 0 aliphatic carbocycles. The summed E-state index contributed by atoms with van der Waals surface area (Å²) >= 11 is 1.61. The number of thiophene rings is 1. The van der Waals surface area contributed by atoms with Gasteiger partial charge in [0.2, 0.25) is 0 Å². The normalized spacial score (nSPS) is 17.0. The van der Waals surface area contributed by atoms with Crippen LogP contribution >= 0.6 is 11.3 Å². The van der Waals surface area contributed by atoms with Crippen LogP contribution in [0.4, 0.5) is 11.5 Å². The van der Waals surface area contributed by atoms with Gasteiger partial charge in [-0.05, 0) is 26.0 Å². The van der Waals surface area contributed by atoms with Crippen LogP contribution in [0, 0.1) is 5.41 Å². The molecule has 2 aromatic rings. The van der Waals surface area contributed by atoms with E-state index in [1.807, 2.05) is 12.1 Å². The zero-order chi connectivity index (χ0) is 17.3. The number of pyridine rings is 1. The van der Waals surface area contributed by atoms with E-state index in [4.69, 9.17) is 16.9 Å². The van der Waals surface area contributed by atoms with Crippen molar-refractivity contribution < 1.29 is 0 Å². The van der Waals surface area contributed by atoms with Crippen molar-refractivity contribution in [1.82, 2.24) is 9.88 Å². The van der Waals surface area contributed by atoms with Gasteiger partial charge in [-0.1, -0.05) is 0 Å². The van der Waals surface area contributed by atoms with Gasteiger partial charge in [-0.25, -0.2) is 4.98 Å². The summed E-state index contributed by atoms with van der Waals surface area (Å²) in [6.07, 6.45) is 2.79. The summed E-state index contributed by atoms with van der Waals surface area (Å²) in [5.74, 6) is 0.530. The van der Waals surface area contributed by atoms with Crippen molar-refractivity contribution >= 4 is 45.0 Å². The number of nitrogens with two attached hydrogens (primary N) is 2. The number of nitrogens with zero attached hydrogens (tertiary/aromatic N) is 3. The topological polar surface area (TPSA) is 95.3 Å². The summed E-state index contributed by atoms with van der Waals surface area (Å²) < 4.78 is 1.11. The first kappa shape index (κ1) is 16.7. The number of fused-ring (bicyclic) bond motifs is 1. The average Bonchev–Trinajstić information content (AvgIpc) is 2.98. The summed E-state index contributed by atoms with van der Waals surface area (Å²) in [6.45, 7) is 8.54. The van der Waals surface area contributed by atoms with Gasteiger partial charge in [-0.15, -0.1) is 11.3 Å². The molecule has 0 saturated carbocycles. The van der Waals surface area contributed by atoms with Gasteiger partial charge in [-0.2, -0.15) is 0 Å². The molecule has 0 radical (unpaired) electrons. The van der Waals surface area contributed by atoms with Crippen LogP contribution in [0.3, 0.4) is 0 Å². The van der Waals surface area contributed by atoms with E-state index >= 15 is 0 Å². The second-order valence-corrected chi connectivity index (χ2v) is 7.35. The van der Waals surface area contributed by atoms with Gasteiger partial charge in [0.15, 0.2) is 0 Å². The van der Waals surface area contributed by atoms with Gasteiger partial charge in [0.1, 0.15) is 5.82 Å². The maximum atomic E-state index is 7.18. The highest BCUT2D eigenvalue weighted by molar-refractivity contribution is 7.20. The Morgan fingerprint density at radius 3 is 2.62 bits per heavy atom. The van der Waals surface area contributed by atoms with E-state index in [2.05, 4.69) is 28.6 Å². The van der Waals surface area contributed by atoms with E-state index in [1.165, 1.54) is 6.21 Å². The third-order valence-corrected chi connectivity index (χ3v) is 5.61. The van der Waals surface area contributed by atoms with E-state index in [1.54, 1.807) is 17.4 Å². The summed E-state index contributed by atoms with van der Waals surface area (Å²) in [5.41, 5.74) is 14.7. The van der Waals surface area contributed by atoms with Crippen LogP contribution in [0.2, 0.25) is 0 Å². The number of nitrogen functional groups attached to an aromatic ring is 1. The lowest BCUT2D eigenvalue weighted by Gasteiger charge is -2.38. The monoisotopic (exact) mass is 344 g/mol. The van der Waals surface area contributed by atoms with E-state index in [9.17, 15) is 0 Å². The van der Waals surface area contributed by atoms with E-state index < -0.39 is 0 Å². The zero-order valence-electron chi connectivity index (χ0n) is 14.1. The first-order valence-corrected chi connectivity index (χ1v) is 8.97. The van der Waals surface area contributed by atoms with Gasteiger partial charge >= 0.3 is 0 Å². The van der Waals surface area contributed by atoms with Crippen molar-refractivity contribution in [3.8, 4) is 0 Å². The highest BCUT2D eigenvalue weighted by atomic mass is 32.1. The van der Waals surface area contributed by atoms with Crippen LogP contribution in [0.5, 0.6) is 0 Å². The summed E-state index contributed by atoms with van der Waals surface area (Å²) in [7, 11) is 0. The first-order chi connectivity index (χ1) is 11.5. The minimum absolute atomic E-state index is 0.530. The van der Waals surface area contributed by atoms with Crippen LogP contribution in [0.1, 0.15) is 18.7 Å². The molecule has 128 valence electrons. The van der Waals surface area contributed by atoms with Crippen molar-refractivity contribution in [2.75, 3.05) is 36.8 Å². The molecule has 3 heterocycles. The molecule has 2 aromatic heterocycles. The number of aromatic nitrogens is 1. The fourth-order valence-corrected chi connectivity index (χ4v) is 4.13. The smallest absolute Gasteiger partial charge is 0.126 e. The van der Waals surface area contributed by atoms with E-state index in [-0.39, 0.29) is 0 Å². The van der Waals surface area contributed by atoms with Crippen LogP contribution in [-0.2, 0) is 0 Å². The van der Waals surface area contributed by atoms with Crippen LogP contribution in [0.15, 0.2) is 18.2 Å². The first-order valence-electron chi connectivity index (χ1n) is 8.15. The van der Waals surface area contributed by atoms with Crippen LogP contribution < -0.4 is 16.4 Å². The lowest BCUT2D eigenvalue weighted by Crippen LogP contribution is -2.48. The molecular weight excluding hydrogens is 320 g/mol. The van der Waals surface area contributed by atoms with E-state index in [0.29, 0.717) is 17.6 Å². The highest BCUT2D eigenvalue weighted by Gasteiger charge is 2.22. The predicted molar refractivity (Wildman–Crippen MR) is 104 cm³/mol. The van der Waals surface area contributed by atoms with E-state index in [0.717, 1.165) is 47.0 Å². The fraction of sp³-hybridized carbons (Fsp3) is 0.412. The molecule has 1 saturated heterocycles. The van der Waals surface area contributed by atoms with Crippen LogP contribution in [0.25, 0.3) is 15.9 Å². The molecule has 6 nitrogen and oxygen atoms in total. The van der Waals surface area contributed by atoms with Gasteiger partial charge in [0.25, 0.3) is 0 Å². The molecule has 5 N–H and O–H groups in total. The number of piperazine rings is 1. The summed E-state index contributed by atoms with van der Waals surface area (Å²) in [4.78, 5) is 10.2. The third-order valence-electron chi connectivity index (χ3n) is 4.41. The SMILES string of the molecule is CC(C)N1CCN(c2cc(N)nc3cc(/C(N)=C/C=N)sc23)CC1. The minimum atomic E-state index is 0.530. The molecule has 3 rings (SSSR count).